The Labute approximate surface area is 116 Å². The first-order valence-corrected chi connectivity index (χ1v) is 6.26. The van der Waals surface area contributed by atoms with Crippen molar-refractivity contribution in [3.05, 3.63) is 36.5 Å². The van der Waals surface area contributed by atoms with E-state index in [0.717, 1.165) is 6.42 Å². The van der Waals surface area contributed by atoms with Crippen molar-refractivity contribution in [3.63, 3.8) is 0 Å². The maximum absolute atomic E-state index is 12.1. The molecule has 102 valence electrons. The highest BCUT2D eigenvalue weighted by Gasteiger charge is 2.13. The number of aromatic nitrogens is 4. The van der Waals surface area contributed by atoms with E-state index < -0.39 is 6.04 Å². The predicted octanol–water partition coefficient (Wildman–Crippen LogP) is 1.08. The smallest absolute Gasteiger partial charge is 0.252 e. The van der Waals surface area contributed by atoms with Crippen LogP contribution in [0.15, 0.2) is 31.0 Å². The van der Waals surface area contributed by atoms with Gasteiger partial charge in [-0.1, -0.05) is 13.3 Å². The van der Waals surface area contributed by atoms with E-state index in [4.69, 9.17) is 5.26 Å². The lowest BCUT2D eigenvalue weighted by atomic mass is 10.1. The summed E-state index contributed by atoms with van der Waals surface area (Å²) in [6.45, 7) is 1.96. The fourth-order valence-electron chi connectivity index (χ4n) is 1.71. The van der Waals surface area contributed by atoms with E-state index in [-0.39, 0.29) is 5.91 Å². The molecule has 0 radical (unpaired) electrons. The Bertz CT molecular complexity index is 616. The Balaban J connectivity index is 2.15. The number of amides is 1. The third-order valence-electron chi connectivity index (χ3n) is 2.70. The standard InChI is InChI=1S/C13H14N6O/c1-2-3-11(7-14)18-13(20)10-4-5-16-12(6-10)19-9-15-8-17-19/h4-6,8-9,11H,2-3H2,1H3,(H,18,20). The maximum atomic E-state index is 12.1. The lowest BCUT2D eigenvalue weighted by Crippen LogP contribution is -2.33. The van der Waals surface area contributed by atoms with Gasteiger partial charge < -0.3 is 5.32 Å². The number of nitrogens with one attached hydrogen (secondary N) is 1. The summed E-state index contributed by atoms with van der Waals surface area (Å²) < 4.78 is 1.46. The Morgan fingerprint density at radius 2 is 2.45 bits per heavy atom. The first-order chi connectivity index (χ1) is 9.74. The van der Waals surface area contributed by atoms with Gasteiger partial charge in [0.25, 0.3) is 5.91 Å². The Kier molecular flexibility index (Phi) is 4.39. The largest absolute Gasteiger partial charge is 0.336 e. The minimum Gasteiger partial charge on any atom is -0.336 e. The molecule has 2 heterocycles. The zero-order chi connectivity index (χ0) is 14.4. The monoisotopic (exact) mass is 270 g/mol. The number of nitrogens with zero attached hydrogens (tertiary/aromatic N) is 5. The minimum absolute atomic E-state index is 0.297. The van der Waals surface area contributed by atoms with Gasteiger partial charge in [-0.25, -0.2) is 14.6 Å². The summed E-state index contributed by atoms with van der Waals surface area (Å²) in [5.74, 6) is 0.202. The summed E-state index contributed by atoms with van der Waals surface area (Å²) in [5, 5.41) is 15.6. The average molecular weight is 270 g/mol. The topological polar surface area (TPSA) is 96.5 Å². The van der Waals surface area contributed by atoms with Gasteiger partial charge in [-0.15, -0.1) is 0 Å². The molecule has 0 bridgehead atoms. The van der Waals surface area contributed by atoms with Crippen LogP contribution < -0.4 is 5.32 Å². The summed E-state index contributed by atoms with van der Waals surface area (Å²) in [7, 11) is 0. The molecule has 0 spiro atoms. The van der Waals surface area contributed by atoms with Crippen molar-refractivity contribution < 1.29 is 4.79 Å². The van der Waals surface area contributed by atoms with Crippen LogP contribution in [-0.4, -0.2) is 31.7 Å². The van der Waals surface area contributed by atoms with Crippen molar-refractivity contribution in [1.29, 1.82) is 5.26 Å². The maximum Gasteiger partial charge on any atom is 0.252 e. The summed E-state index contributed by atoms with van der Waals surface area (Å²) in [5.41, 5.74) is 0.432. The zero-order valence-electron chi connectivity index (χ0n) is 11.0. The number of carbonyl (C=O) groups excluding carboxylic acids is 1. The van der Waals surface area contributed by atoms with Crippen LogP contribution in [0.4, 0.5) is 0 Å². The lowest BCUT2D eigenvalue weighted by Gasteiger charge is -2.10. The summed E-state index contributed by atoms with van der Waals surface area (Å²) in [6.07, 6.45) is 5.87. The van der Waals surface area contributed by atoms with Crippen LogP contribution in [-0.2, 0) is 0 Å². The van der Waals surface area contributed by atoms with Crippen molar-refractivity contribution in [3.8, 4) is 11.9 Å². The molecular formula is C13H14N6O. The van der Waals surface area contributed by atoms with E-state index >= 15 is 0 Å². The van der Waals surface area contributed by atoms with Gasteiger partial charge in [0.1, 0.15) is 18.7 Å². The van der Waals surface area contributed by atoms with Crippen LogP contribution in [0, 0.1) is 11.3 Å². The molecule has 0 aromatic carbocycles. The van der Waals surface area contributed by atoms with Crippen molar-refractivity contribution in [2.75, 3.05) is 0 Å². The molecule has 0 saturated heterocycles. The molecule has 7 nitrogen and oxygen atoms in total. The van der Waals surface area contributed by atoms with E-state index in [0.29, 0.717) is 17.8 Å². The molecule has 0 fully saturated rings. The van der Waals surface area contributed by atoms with Crippen LogP contribution in [0.5, 0.6) is 0 Å². The molecule has 7 heteroatoms. The van der Waals surface area contributed by atoms with Gasteiger partial charge in [-0.3, -0.25) is 4.79 Å². The van der Waals surface area contributed by atoms with Crippen molar-refractivity contribution in [1.82, 2.24) is 25.1 Å². The number of nitriles is 1. The van der Waals surface area contributed by atoms with Crippen molar-refractivity contribution in [2.45, 2.75) is 25.8 Å². The predicted molar refractivity (Wildman–Crippen MR) is 70.9 cm³/mol. The van der Waals surface area contributed by atoms with E-state index in [2.05, 4.69) is 26.5 Å². The van der Waals surface area contributed by atoms with E-state index in [1.54, 1.807) is 12.1 Å². The summed E-state index contributed by atoms with van der Waals surface area (Å²) in [4.78, 5) is 20.0. The highest BCUT2D eigenvalue weighted by molar-refractivity contribution is 5.94. The highest BCUT2D eigenvalue weighted by Crippen LogP contribution is 2.06. The molecule has 0 saturated carbocycles. The van der Waals surface area contributed by atoms with Crippen LogP contribution in [0.2, 0.25) is 0 Å². The van der Waals surface area contributed by atoms with E-state index in [9.17, 15) is 4.79 Å². The second kappa shape index (κ2) is 6.43. The average Bonchev–Trinajstić information content (AvgIpc) is 3.01. The quantitative estimate of drug-likeness (QED) is 0.877. The molecule has 20 heavy (non-hydrogen) atoms. The molecule has 1 atom stereocenters. The Hall–Kier alpha value is -2.75. The Morgan fingerprint density at radius 1 is 1.60 bits per heavy atom. The molecule has 0 aliphatic carbocycles. The normalized spacial score (nSPS) is 11.6. The van der Waals surface area contributed by atoms with Crippen molar-refractivity contribution in [2.24, 2.45) is 0 Å². The zero-order valence-corrected chi connectivity index (χ0v) is 11.0. The molecule has 1 unspecified atom stereocenters. The second-order valence-corrected chi connectivity index (χ2v) is 4.19. The summed E-state index contributed by atoms with van der Waals surface area (Å²) in [6, 6.07) is 4.79. The van der Waals surface area contributed by atoms with Gasteiger partial charge in [-0.2, -0.15) is 10.4 Å². The van der Waals surface area contributed by atoms with Gasteiger partial charge in [0.15, 0.2) is 5.82 Å². The van der Waals surface area contributed by atoms with Crippen molar-refractivity contribution >= 4 is 5.91 Å². The number of carbonyl (C=O) groups is 1. The van der Waals surface area contributed by atoms with Crippen LogP contribution in [0.3, 0.4) is 0 Å². The SMILES string of the molecule is CCCC(C#N)NC(=O)c1ccnc(-n2cncn2)c1. The number of rotatable bonds is 5. The van der Waals surface area contributed by atoms with Gasteiger partial charge in [-0.05, 0) is 18.6 Å². The van der Waals surface area contributed by atoms with Crippen LogP contribution >= 0.6 is 0 Å². The first kappa shape index (κ1) is 13.7. The first-order valence-electron chi connectivity index (χ1n) is 6.26. The van der Waals surface area contributed by atoms with E-state index in [1.165, 1.54) is 23.5 Å². The molecule has 1 N–H and O–H groups in total. The molecule has 1 amide bonds. The molecule has 2 aromatic heterocycles. The molecule has 0 aliphatic rings. The van der Waals surface area contributed by atoms with Gasteiger partial charge in [0.05, 0.1) is 6.07 Å². The number of hydrogen-bond donors (Lipinski definition) is 1. The Morgan fingerprint density at radius 3 is 3.10 bits per heavy atom. The fourth-order valence-corrected chi connectivity index (χ4v) is 1.71. The molecule has 2 aromatic rings. The lowest BCUT2D eigenvalue weighted by molar-refractivity contribution is 0.0943. The molecule has 2 rings (SSSR count). The van der Waals surface area contributed by atoms with Gasteiger partial charge in [0, 0.05) is 11.8 Å². The summed E-state index contributed by atoms with van der Waals surface area (Å²) >= 11 is 0. The third-order valence-corrected chi connectivity index (χ3v) is 2.70. The number of pyridine rings is 1. The minimum atomic E-state index is -0.476. The molecule has 0 aliphatic heterocycles. The van der Waals surface area contributed by atoms with Crippen LogP contribution in [0.1, 0.15) is 30.1 Å². The van der Waals surface area contributed by atoms with Crippen LogP contribution in [0.25, 0.3) is 5.82 Å². The van der Waals surface area contributed by atoms with Gasteiger partial charge in [0.2, 0.25) is 0 Å². The molecular weight excluding hydrogens is 256 g/mol. The third kappa shape index (κ3) is 3.17. The second-order valence-electron chi connectivity index (χ2n) is 4.19. The number of hydrogen-bond acceptors (Lipinski definition) is 5. The fraction of sp³-hybridized carbons (Fsp3) is 0.308. The van der Waals surface area contributed by atoms with Gasteiger partial charge >= 0.3 is 0 Å². The highest BCUT2D eigenvalue weighted by atomic mass is 16.1. The van der Waals surface area contributed by atoms with E-state index in [1.807, 2.05) is 6.92 Å².